The summed E-state index contributed by atoms with van der Waals surface area (Å²) in [5, 5.41) is 0.594. The minimum atomic E-state index is -1.22. The largest absolute Gasteiger partial charge is 0.598 e. The molecule has 0 radical (unpaired) electrons. The fourth-order valence-corrected chi connectivity index (χ4v) is 2.80. The number of nitrogens with zero attached hydrogens (tertiary/aromatic N) is 2. The lowest BCUT2D eigenvalue weighted by Gasteiger charge is -2.26. The van der Waals surface area contributed by atoms with Crippen LogP contribution in [0, 0.1) is 0 Å². The van der Waals surface area contributed by atoms with E-state index in [1.165, 1.54) is 0 Å². The topological polar surface area (TPSA) is 70.1 Å². The summed E-state index contributed by atoms with van der Waals surface area (Å²) < 4.78 is 20.3. The van der Waals surface area contributed by atoms with Gasteiger partial charge in [0.15, 0.2) is 0 Å². The van der Waals surface area contributed by atoms with Gasteiger partial charge in [0, 0.05) is 16.4 Å². The molecule has 1 heterocycles. The van der Waals surface area contributed by atoms with E-state index >= 15 is 0 Å². The summed E-state index contributed by atoms with van der Waals surface area (Å²) >= 11 is 4.79. The maximum atomic E-state index is 12.3. The van der Waals surface area contributed by atoms with E-state index in [-0.39, 0.29) is 10.8 Å². The quantitative estimate of drug-likeness (QED) is 0.863. The number of rotatable bonds is 4. The molecule has 0 spiro atoms. The molecule has 1 aromatic heterocycles. The molecule has 1 aromatic carbocycles. The maximum Gasteiger partial charge on any atom is 0.237 e. The molecule has 22 heavy (non-hydrogen) atoms. The van der Waals surface area contributed by atoms with E-state index in [0.29, 0.717) is 27.6 Å². The zero-order valence-corrected chi connectivity index (χ0v) is 14.9. The third kappa shape index (κ3) is 3.81. The number of aromatic nitrogens is 2. The van der Waals surface area contributed by atoms with Crippen LogP contribution in [-0.2, 0) is 11.4 Å². The number of methoxy groups -OCH3 is 1. The van der Waals surface area contributed by atoms with Gasteiger partial charge in [0.2, 0.25) is 5.88 Å². The highest BCUT2D eigenvalue weighted by Gasteiger charge is 2.30. The predicted molar refractivity (Wildman–Crippen MR) is 90.5 cm³/mol. The molecular weight excluding hydrogens is 322 g/mol. The first-order chi connectivity index (χ1) is 10.2. The fourth-order valence-electron chi connectivity index (χ4n) is 1.85. The minimum Gasteiger partial charge on any atom is -0.598 e. The molecule has 5 nitrogen and oxygen atoms in total. The van der Waals surface area contributed by atoms with Crippen molar-refractivity contribution in [1.29, 1.82) is 0 Å². The third-order valence-electron chi connectivity index (χ3n) is 3.06. The molecular formula is C15H20ClN3O2S. The normalized spacial score (nSPS) is 14.9. The molecule has 2 aromatic rings. The molecule has 1 N–H and O–H groups in total. The Balaban J connectivity index is 2.40. The van der Waals surface area contributed by atoms with Crippen molar-refractivity contribution in [2.45, 2.75) is 38.5 Å². The zero-order chi connectivity index (χ0) is 16.5. The maximum absolute atomic E-state index is 12.3. The molecule has 120 valence electrons. The van der Waals surface area contributed by atoms with Crippen LogP contribution in [0.3, 0.4) is 0 Å². The Hall–Kier alpha value is -1.08. The van der Waals surface area contributed by atoms with Crippen molar-refractivity contribution < 1.29 is 9.29 Å². The molecule has 1 unspecified atom stereocenters. The molecule has 7 heteroatoms. The summed E-state index contributed by atoms with van der Waals surface area (Å²) in [6.07, 6.45) is 0. The molecule has 0 aliphatic carbocycles. The van der Waals surface area contributed by atoms with E-state index in [9.17, 15) is 4.55 Å². The van der Waals surface area contributed by atoms with E-state index in [1.807, 2.05) is 27.7 Å². The van der Waals surface area contributed by atoms with E-state index in [1.54, 1.807) is 25.3 Å². The molecule has 2 atom stereocenters. The van der Waals surface area contributed by atoms with Gasteiger partial charge in [-0.3, -0.25) is 0 Å². The first-order valence-electron chi connectivity index (χ1n) is 6.91. The summed E-state index contributed by atoms with van der Waals surface area (Å²) in [6, 6.07) is 5.03. The average Bonchev–Trinajstić information content (AvgIpc) is 2.44. The number of ether oxygens (including phenoxy) is 1. The van der Waals surface area contributed by atoms with Crippen molar-refractivity contribution in [3.05, 3.63) is 28.9 Å². The highest BCUT2D eigenvalue weighted by atomic mass is 35.5. The van der Waals surface area contributed by atoms with Crippen LogP contribution in [0.1, 0.15) is 39.4 Å². The van der Waals surface area contributed by atoms with Crippen molar-refractivity contribution in [2.75, 3.05) is 7.11 Å². The predicted octanol–water partition coefficient (Wildman–Crippen LogP) is 3.40. The summed E-state index contributed by atoms with van der Waals surface area (Å²) in [6.45, 7) is 7.61. The van der Waals surface area contributed by atoms with Crippen LogP contribution in [0.25, 0.3) is 11.0 Å². The summed E-state index contributed by atoms with van der Waals surface area (Å²) in [5.41, 5.74) is 1.99. The molecule has 0 amide bonds. The Morgan fingerprint density at radius 1 is 1.27 bits per heavy atom. The van der Waals surface area contributed by atoms with Gasteiger partial charge in [-0.05, 0) is 45.9 Å². The van der Waals surface area contributed by atoms with Gasteiger partial charge in [-0.1, -0.05) is 11.6 Å². The van der Waals surface area contributed by atoms with Gasteiger partial charge in [0.05, 0.1) is 24.2 Å². The molecule has 2 rings (SSSR count). The van der Waals surface area contributed by atoms with Crippen molar-refractivity contribution in [1.82, 2.24) is 14.7 Å². The number of hydrogen-bond donors (Lipinski definition) is 1. The zero-order valence-electron chi connectivity index (χ0n) is 13.3. The van der Waals surface area contributed by atoms with E-state index < -0.39 is 11.4 Å². The van der Waals surface area contributed by atoms with E-state index in [2.05, 4.69) is 14.7 Å². The first kappa shape index (κ1) is 17.3. The van der Waals surface area contributed by atoms with Crippen LogP contribution in [-0.4, -0.2) is 26.4 Å². The summed E-state index contributed by atoms with van der Waals surface area (Å²) in [4.78, 5) is 9.02. The first-order valence-corrected chi connectivity index (χ1v) is 8.44. The Morgan fingerprint density at radius 2 is 1.95 bits per heavy atom. The lowest BCUT2D eigenvalue weighted by atomic mass is 10.2. The van der Waals surface area contributed by atoms with Gasteiger partial charge in [0.1, 0.15) is 10.4 Å². The Bertz CT molecular complexity index is 676. The summed E-state index contributed by atoms with van der Waals surface area (Å²) in [7, 11) is 1.54. The van der Waals surface area contributed by atoms with Gasteiger partial charge >= 0.3 is 0 Å². The number of halogens is 1. The van der Waals surface area contributed by atoms with Gasteiger partial charge in [-0.2, -0.15) is 0 Å². The highest BCUT2D eigenvalue weighted by molar-refractivity contribution is 7.90. The summed E-state index contributed by atoms with van der Waals surface area (Å²) in [5.74, 6) is 0.417. The van der Waals surface area contributed by atoms with Crippen molar-refractivity contribution in [3.8, 4) is 5.88 Å². The Labute approximate surface area is 138 Å². The molecule has 0 aliphatic heterocycles. The van der Waals surface area contributed by atoms with Crippen molar-refractivity contribution >= 4 is 34.0 Å². The van der Waals surface area contributed by atoms with Crippen molar-refractivity contribution in [2.24, 2.45) is 0 Å². The van der Waals surface area contributed by atoms with Crippen LogP contribution in [0.2, 0.25) is 5.02 Å². The number of nitrogens with one attached hydrogen (secondary N) is 1. The monoisotopic (exact) mass is 341 g/mol. The number of benzene rings is 1. The lowest BCUT2D eigenvalue weighted by Crippen LogP contribution is -2.40. The molecule has 0 saturated carbocycles. The van der Waals surface area contributed by atoms with E-state index in [4.69, 9.17) is 16.3 Å². The fraction of sp³-hybridized carbons (Fsp3) is 0.467. The van der Waals surface area contributed by atoms with Gasteiger partial charge in [-0.25, -0.2) is 9.97 Å². The van der Waals surface area contributed by atoms with Crippen LogP contribution in [0.15, 0.2) is 18.2 Å². The SMILES string of the molecule is COc1nc2ccc(Cl)cc2nc1C(C)N[S@+]([O-])C(C)(C)C. The molecule has 0 fully saturated rings. The lowest BCUT2D eigenvalue weighted by molar-refractivity contribution is 0.386. The minimum absolute atomic E-state index is 0.272. The smallest absolute Gasteiger partial charge is 0.237 e. The molecule has 0 bridgehead atoms. The third-order valence-corrected chi connectivity index (χ3v) is 4.98. The van der Waals surface area contributed by atoms with Gasteiger partial charge in [-0.15, -0.1) is 4.72 Å². The number of hydrogen-bond acceptors (Lipinski definition) is 5. The van der Waals surface area contributed by atoms with Gasteiger partial charge in [0.25, 0.3) is 0 Å². The standard InChI is InChI=1S/C15H20ClN3O2S/c1-9(19-22(20)15(2,3)4)13-14(21-5)18-11-7-6-10(16)8-12(11)17-13/h6-9,19H,1-5H3/t9?,22-/m1/s1. The Kier molecular flexibility index (Phi) is 5.17. The van der Waals surface area contributed by atoms with Crippen LogP contribution >= 0.6 is 11.6 Å². The highest BCUT2D eigenvalue weighted by Crippen LogP contribution is 2.27. The van der Waals surface area contributed by atoms with E-state index in [0.717, 1.165) is 0 Å². The van der Waals surface area contributed by atoms with Crippen LogP contribution < -0.4 is 9.46 Å². The second-order valence-electron chi connectivity index (χ2n) is 5.97. The average molecular weight is 342 g/mol. The second kappa shape index (κ2) is 6.58. The molecule has 0 saturated heterocycles. The second-order valence-corrected chi connectivity index (χ2v) is 8.41. The van der Waals surface area contributed by atoms with Crippen LogP contribution in [0.4, 0.5) is 0 Å². The Morgan fingerprint density at radius 3 is 2.55 bits per heavy atom. The number of fused-ring (bicyclic) bond motifs is 1. The van der Waals surface area contributed by atoms with Crippen LogP contribution in [0.5, 0.6) is 5.88 Å². The van der Waals surface area contributed by atoms with Crippen molar-refractivity contribution in [3.63, 3.8) is 0 Å². The van der Waals surface area contributed by atoms with Gasteiger partial charge < -0.3 is 9.29 Å². The molecule has 0 aliphatic rings.